The average molecular weight is 468 g/mol. The number of aliphatic hydroxyl groups excluding tert-OH is 1. The molecular formula is C26H23F3N2O3. The number of anilines is 2. The number of alkyl halides is 3. The summed E-state index contributed by atoms with van der Waals surface area (Å²) >= 11 is 0. The quantitative estimate of drug-likeness (QED) is 0.521. The van der Waals surface area contributed by atoms with Crippen molar-refractivity contribution in [1.82, 2.24) is 0 Å². The second-order valence-electron chi connectivity index (χ2n) is 8.57. The smallest absolute Gasteiger partial charge is 0.418 e. The van der Waals surface area contributed by atoms with E-state index in [2.05, 4.69) is 5.32 Å². The summed E-state index contributed by atoms with van der Waals surface area (Å²) < 4.78 is 46.6. The van der Waals surface area contributed by atoms with Gasteiger partial charge in [0, 0.05) is 30.4 Å². The first-order valence-corrected chi connectivity index (χ1v) is 11.1. The van der Waals surface area contributed by atoms with Crippen LogP contribution in [0.5, 0.6) is 0 Å². The molecule has 34 heavy (non-hydrogen) atoms. The van der Waals surface area contributed by atoms with Crippen molar-refractivity contribution >= 4 is 17.5 Å². The lowest BCUT2D eigenvalue weighted by Gasteiger charge is -2.23. The van der Waals surface area contributed by atoms with Crippen molar-refractivity contribution in [1.29, 1.82) is 0 Å². The van der Waals surface area contributed by atoms with Gasteiger partial charge >= 0.3 is 12.3 Å². The number of carbonyl (C=O) groups is 1. The number of aliphatic hydroxyl groups is 1. The number of halogens is 3. The Morgan fingerprint density at radius 3 is 2.26 bits per heavy atom. The van der Waals surface area contributed by atoms with Gasteiger partial charge in [0.2, 0.25) is 0 Å². The lowest BCUT2D eigenvalue weighted by molar-refractivity contribution is -0.137. The van der Waals surface area contributed by atoms with E-state index in [1.165, 1.54) is 17.0 Å². The van der Waals surface area contributed by atoms with E-state index < -0.39 is 23.9 Å². The summed E-state index contributed by atoms with van der Waals surface area (Å²) in [6.07, 6.45) is -5.67. The summed E-state index contributed by atoms with van der Waals surface area (Å²) in [7, 11) is 0. The van der Waals surface area contributed by atoms with Gasteiger partial charge < -0.3 is 14.7 Å². The second-order valence-corrected chi connectivity index (χ2v) is 8.57. The Hall–Kier alpha value is -3.52. The standard InChI is InChI=1S/C26H23F3N2O3/c27-26(28,29)23-13-16(9-10-24(23)31-12-11-17(32)14-31)30-25(33)34-15-22-20-7-3-1-5-18(20)19-6-2-4-8-21(19)22/h1-10,13,17,22,32H,11-12,14-15H2,(H,30,33). The van der Waals surface area contributed by atoms with E-state index in [0.29, 0.717) is 13.0 Å². The fourth-order valence-electron chi connectivity index (χ4n) is 4.83. The maximum Gasteiger partial charge on any atom is 0.418 e. The number of nitrogens with one attached hydrogen (secondary N) is 1. The zero-order valence-electron chi connectivity index (χ0n) is 18.2. The van der Waals surface area contributed by atoms with Crippen LogP contribution >= 0.6 is 0 Å². The van der Waals surface area contributed by atoms with Crippen LogP contribution in [0.1, 0.15) is 29.0 Å². The van der Waals surface area contributed by atoms with Crippen LogP contribution in [0.3, 0.4) is 0 Å². The minimum absolute atomic E-state index is 0.00644. The Morgan fingerprint density at radius 1 is 1.03 bits per heavy atom. The number of fused-ring (bicyclic) bond motifs is 3. The molecule has 0 radical (unpaired) electrons. The largest absolute Gasteiger partial charge is 0.448 e. The maximum absolute atomic E-state index is 13.7. The highest BCUT2D eigenvalue weighted by Gasteiger charge is 2.37. The second kappa shape index (κ2) is 8.68. The molecular weight excluding hydrogens is 445 g/mol. The summed E-state index contributed by atoms with van der Waals surface area (Å²) in [4.78, 5) is 14.0. The van der Waals surface area contributed by atoms with Crippen LogP contribution in [-0.2, 0) is 10.9 Å². The molecule has 0 aromatic heterocycles. The van der Waals surface area contributed by atoms with Gasteiger partial charge in [0.15, 0.2) is 0 Å². The maximum atomic E-state index is 13.7. The summed E-state index contributed by atoms with van der Waals surface area (Å²) in [6.45, 7) is 0.543. The number of rotatable bonds is 4. The van der Waals surface area contributed by atoms with Crippen molar-refractivity contribution in [3.63, 3.8) is 0 Å². The van der Waals surface area contributed by atoms with Gasteiger partial charge in [0.1, 0.15) is 6.61 Å². The monoisotopic (exact) mass is 468 g/mol. The molecule has 1 aliphatic carbocycles. The molecule has 2 aliphatic rings. The minimum atomic E-state index is -4.61. The molecule has 2 N–H and O–H groups in total. The lowest BCUT2D eigenvalue weighted by Crippen LogP contribution is -2.25. The number of hydrogen-bond donors (Lipinski definition) is 2. The fourth-order valence-corrected chi connectivity index (χ4v) is 4.83. The molecule has 1 heterocycles. The molecule has 176 valence electrons. The SMILES string of the molecule is O=C(Nc1ccc(N2CCC(O)C2)c(C(F)(F)F)c1)OCC1c2ccccc2-c2ccccc21. The van der Waals surface area contributed by atoms with Crippen LogP contribution in [0.4, 0.5) is 29.3 Å². The molecule has 5 rings (SSSR count). The van der Waals surface area contributed by atoms with Gasteiger partial charge in [-0.2, -0.15) is 13.2 Å². The van der Waals surface area contributed by atoms with Crippen LogP contribution in [0.2, 0.25) is 0 Å². The molecule has 0 bridgehead atoms. The van der Waals surface area contributed by atoms with Gasteiger partial charge in [0.25, 0.3) is 0 Å². The van der Waals surface area contributed by atoms with Crippen molar-refractivity contribution in [3.8, 4) is 11.1 Å². The molecule has 1 aliphatic heterocycles. The van der Waals surface area contributed by atoms with E-state index in [9.17, 15) is 23.1 Å². The van der Waals surface area contributed by atoms with E-state index in [4.69, 9.17) is 4.74 Å². The topological polar surface area (TPSA) is 61.8 Å². The zero-order chi connectivity index (χ0) is 23.9. The number of β-amino-alcohol motifs (C(OH)–C–C–N with tert-alkyl or cyclic N) is 1. The highest BCUT2D eigenvalue weighted by molar-refractivity contribution is 5.86. The molecule has 1 atom stereocenters. The lowest BCUT2D eigenvalue weighted by atomic mass is 9.98. The van der Waals surface area contributed by atoms with Gasteiger partial charge in [-0.25, -0.2) is 4.79 Å². The Kier molecular flexibility index (Phi) is 5.69. The molecule has 5 nitrogen and oxygen atoms in total. The third-order valence-electron chi connectivity index (χ3n) is 6.40. The number of amides is 1. The predicted octanol–water partition coefficient (Wildman–Crippen LogP) is 5.64. The van der Waals surface area contributed by atoms with E-state index in [0.717, 1.165) is 28.3 Å². The molecule has 1 amide bonds. The van der Waals surface area contributed by atoms with E-state index in [1.807, 2.05) is 48.5 Å². The Bertz CT molecular complexity index is 1180. The molecule has 1 unspecified atom stereocenters. The first-order valence-electron chi connectivity index (χ1n) is 11.1. The van der Waals surface area contributed by atoms with Crippen LogP contribution in [0.15, 0.2) is 66.7 Å². The van der Waals surface area contributed by atoms with Crippen molar-refractivity contribution in [2.75, 3.05) is 29.9 Å². The summed E-state index contributed by atoms with van der Waals surface area (Å²) in [5, 5.41) is 12.1. The van der Waals surface area contributed by atoms with E-state index in [-0.39, 0.29) is 30.4 Å². The van der Waals surface area contributed by atoms with Crippen molar-refractivity contribution in [3.05, 3.63) is 83.4 Å². The summed E-state index contributed by atoms with van der Waals surface area (Å²) in [6, 6.07) is 19.4. The minimum Gasteiger partial charge on any atom is -0.448 e. The third kappa shape index (κ3) is 4.21. The molecule has 1 saturated heterocycles. The third-order valence-corrected chi connectivity index (χ3v) is 6.40. The van der Waals surface area contributed by atoms with Crippen LogP contribution < -0.4 is 10.2 Å². The van der Waals surface area contributed by atoms with Gasteiger partial charge in [-0.1, -0.05) is 48.5 Å². The van der Waals surface area contributed by atoms with Crippen LogP contribution in [0, 0.1) is 0 Å². The van der Waals surface area contributed by atoms with Crippen molar-refractivity contribution in [2.45, 2.75) is 24.6 Å². The highest BCUT2D eigenvalue weighted by Crippen LogP contribution is 2.44. The predicted molar refractivity (Wildman–Crippen MR) is 123 cm³/mol. The Morgan fingerprint density at radius 2 is 1.68 bits per heavy atom. The number of ether oxygens (including phenoxy) is 1. The van der Waals surface area contributed by atoms with Crippen molar-refractivity contribution < 1.29 is 27.8 Å². The number of hydrogen-bond acceptors (Lipinski definition) is 4. The zero-order valence-corrected chi connectivity index (χ0v) is 18.2. The van der Waals surface area contributed by atoms with Crippen LogP contribution in [-0.4, -0.2) is 37.0 Å². The Balaban J connectivity index is 1.31. The Labute approximate surface area is 194 Å². The summed E-state index contributed by atoms with van der Waals surface area (Å²) in [5.74, 6) is -0.146. The molecule has 8 heteroatoms. The first-order chi connectivity index (χ1) is 16.3. The van der Waals surface area contributed by atoms with Crippen LogP contribution in [0.25, 0.3) is 11.1 Å². The summed E-state index contributed by atoms with van der Waals surface area (Å²) in [5.41, 5.74) is 3.39. The molecule has 3 aromatic rings. The normalized spacial score (nSPS) is 17.4. The number of benzene rings is 3. The fraction of sp³-hybridized carbons (Fsp3) is 0.269. The molecule has 1 fully saturated rings. The van der Waals surface area contributed by atoms with Gasteiger partial charge in [0.05, 0.1) is 11.7 Å². The van der Waals surface area contributed by atoms with E-state index >= 15 is 0 Å². The number of nitrogens with zero attached hydrogens (tertiary/aromatic N) is 1. The molecule has 0 spiro atoms. The van der Waals surface area contributed by atoms with Crippen molar-refractivity contribution in [2.24, 2.45) is 0 Å². The average Bonchev–Trinajstić information content (AvgIpc) is 3.38. The highest BCUT2D eigenvalue weighted by atomic mass is 19.4. The van der Waals surface area contributed by atoms with Gasteiger partial charge in [-0.3, -0.25) is 5.32 Å². The van der Waals surface area contributed by atoms with Gasteiger partial charge in [-0.15, -0.1) is 0 Å². The van der Waals surface area contributed by atoms with Gasteiger partial charge in [-0.05, 0) is 46.9 Å². The molecule has 3 aromatic carbocycles. The molecule has 0 saturated carbocycles. The van der Waals surface area contributed by atoms with E-state index in [1.54, 1.807) is 0 Å². The number of carbonyl (C=O) groups excluding carboxylic acids is 1. The first kappa shape index (κ1) is 22.3.